The summed E-state index contributed by atoms with van der Waals surface area (Å²) >= 11 is 5.67. The lowest BCUT2D eigenvalue weighted by Crippen LogP contribution is -2.62. The lowest BCUT2D eigenvalue weighted by molar-refractivity contribution is -0.143. The molecule has 0 aliphatic carbocycles. The first-order valence-electron chi connectivity index (χ1n) is 33.9. The number of hydrogen-bond acceptors (Lipinski definition) is 19. The summed E-state index contributed by atoms with van der Waals surface area (Å²) in [7, 11) is 0. The number of aliphatic hydroxyl groups excluding tert-OH is 1. The smallest absolute Gasteiger partial charge is 0.326 e. The van der Waals surface area contributed by atoms with E-state index in [2.05, 4.69) is 71.1 Å². The molecule has 0 spiro atoms. The van der Waals surface area contributed by atoms with Gasteiger partial charge in [0.25, 0.3) is 0 Å². The molecule has 0 bridgehead atoms. The standard InChI is InChI=1S/C70H103N13O18S2/c1-37(2)28-48(76-60(90)46(24-25-56(72)86)73-65(95)51(75-59(89)45(71)35-84)31-41-16-12-10-13-17-41)62(92)74-47(26-27-103-9)61(91)77-49(29-38(3)4)64(94)82-55(36-102)68(98)83-58(40(7)8)69(99)80-50(30-39(5)6)63(93)79-53(34-57(87)88)67(97)78-52(32-43-20-22-44(85)23-21-43)66(96)81-54(70(100)101)33-42-18-14-11-15-19-42/h10-23,37-40,45-55,58,84-85,102H,24-36,71H2,1-9H3,(H2,72,86)(H,73,95)(H,74,92)(H,75,89)(H,76,90)(H,77,91)(H,78,97)(H,79,93)(H,80,99)(H,81,96)(H,82,94)(H,83,98)(H,87,88)(H,100,101)/t45-,46-,47-,48-,49-,50-,51-,52-,53-,54-,55-,58-/m0/s1. The molecule has 0 aliphatic heterocycles. The van der Waals surface area contributed by atoms with Crippen molar-refractivity contribution in [3.8, 4) is 5.75 Å². The number of rotatable bonds is 46. The van der Waals surface area contributed by atoms with Gasteiger partial charge in [-0.05, 0) is 96.6 Å². The van der Waals surface area contributed by atoms with Gasteiger partial charge in [-0.15, -0.1) is 0 Å². The molecule has 0 fully saturated rings. The third-order valence-corrected chi connectivity index (χ3v) is 17.0. The molecule has 3 aromatic carbocycles. The molecular formula is C70H103N13O18S2. The summed E-state index contributed by atoms with van der Waals surface area (Å²) in [5.41, 5.74) is 12.8. The lowest BCUT2D eigenvalue weighted by atomic mass is 9.99. The molecular weight excluding hydrogens is 1370 g/mol. The molecule has 19 N–H and O–H groups in total. The van der Waals surface area contributed by atoms with Crippen LogP contribution in [-0.2, 0) is 86.4 Å². The fraction of sp³-hybridized carbons (Fsp3) is 0.543. The molecule has 0 radical (unpaired) electrons. The average molecular weight is 1480 g/mol. The largest absolute Gasteiger partial charge is 0.508 e. The predicted molar refractivity (Wildman–Crippen MR) is 387 cm³/mol. The van der Waals surface area contributed by atoms with Gasteiger partial charge in [-0.25, -0.2) is 4.79 Å². The lowest BCUT2D eigenvalue weighted by Gasteiger charge is -2.29. The Morgan fingerprint density at radius 2 is 0.767 bits per heavy atom. The Bertz CT molecular complexity index is 3330. The highest BCUT2D eigenvalue weighted by molar-refractivity contribution is 7.98. The number of nitrogens with two attached hydrogens (primary N) is 2. The van der Waals surface area contributed by atoms with E-state index in [1.54, 1.807) is 122 Å². The first-order valence-corrected chi connectivity index (χ1v) is 36.0. The number of benzene rings is 3. The van der Waals surface area contributed by atoms with E-state index in [0.717, 1.165) is 0 Å². The number of nitrogens with one attached hydrogen (secondary N) is 11. The highest BCUT2D eigenvalue weighted by Crippen LogP contribution is 2.17. The van der Waals surface area contributed by atoms with Gasteiger partial charge in [0.2, 0.25) is 70.9 Å². The van der Waals surface area contributed by atoms with Crippen LogP contribution in [0.5, 0.6) is 5.75 Å². The van der Waals surface area contributed by atoms with E-state index in [4.69, 9.17) is 11.5 Å². The Morgan fingerprint density at radius 1 is 0.427 bits per heavy atom. The summed E-state index contributed by atoms with van der Waals surface area (Å²) in [6.45, 7) is 12.9. The highest BCUT2D eigenvalue weighted by atomic mass is 32.2. The molecule has 12 atom stereocenters. The van der Waals surface area contributed by atoms with Crippen molar-refractivity contribution in [2.24, 2.45) is 35.1 Å². The number of carbonyl (C=O) groups excluding carboxylic acids is 12. The normalized spacial score (nSPS) is 14.8. The van der Waals surface area contributed by atoms with Crippen molar-refractivity contribution in [3.05, 3.63) is 102 Å². The number of primary amides is 1. The molecule has 3 aromatic rings. The SMILES string of the molecule is CSCC[C@H](NC(=O)[C@H](CC(C)C)NC(=O)[C@H](CCC(N)=O)NC(=O)[C@H](Cc1ccccc1)NC(=O)[C@@H](N)CO)C(=O)N[C@@H](CC(C)C)C(=O)N[C@@H](CS)C(=O)N[C@H](C(=O)N[C@@H](CC(C)C)C(=O)N[C@@H](CC(=O)O)C(=O)N[C@@H](Cc1ccc(O)cc1)C(=O)N[C@@H](Cc1ccccc1)C(=O)O)C(C)C. The van der Waals surface area contributed by atoms with Crippen LogP contribution in [0, 0.1) is 23.7 Å². The molecule has 0 unspecified atom stereocenters. The van der Waals surface area contributed by atoms with E-state index in [-0.39, 0.29) is 80.6 Å². The molecule has 0 saturated heterocycles. The summed E-state index contributed by atoms with van der Waals surface area (Å²) in [5.74, 6) is -15.7. The number of hydrogen-bond donors (Lipinski definition) is 18. The Hall–Kier alpha value is -9.34. The first-order chi connectivity index (χ1) is 48.5. The van der Waals surface area contributed by atoms with Gasteiger partial charge < -0.3 is 90.4 Å². The van der Waals surface area contributed by atoms with E-state index >= 15 is 0 Å². The summed E-state index contributed by atoms with van der Waals surface area (Å²) < 4.78 is 0. The topological polar surface area (TPSA) is 504 Å². The third-order valence-electron chi connectivity index (χ3n) is 16.0. The number of aromatic hydroxyl groups is 1. The van der Waals surface area contributed by atoms with Crippen molar-refractivity contribution in [2.45, 2.75) is 192 Å². The van der Waals surface area contributed by atoms with Crippen LogP contribution in [0.4, 0.5) is 0 Å². The molecule has 0 aromatic heterocycles. The van der Waals surface area contributed by atoms with Crippen LogP contribution >= 0.6 is 24.4 Å². The van der Waals surface area contributed by atoms with E-state index in [9.17, 15) is 87.5 Å². The van der Waals surface area contributed by atoms with E-state index < -0.39 is 181 Å². The second-order valence-electron chi connectivity index (χ2n) is 26.7. The van der Waals surface area contributed by atoms with Gasteiger partial charge in [-0.3, -0.25) is 62.3 Å². The van der Waals surface area contributed by atoms with Crippen molar-refractivity contribution in [1.82, 2.24) is 58.5 Å². The van der Waals surface area contributed by atoms with Crippen molar-refractivity contribution in [3.63, 3.8) is 0 Å². The Labute approximate surface area is 609 Å². The van der Waals surface area contributed by atoms with Crippen LogP contribution in [0.25, 0.3) is 0 Å². The van der Waals surface area contributed by atoms with Gasteiger partial charge in [0.1, 0.15) is 78.3 Å². The van der Waals surface area contributed by atoms with Gasteiger partial charge in [0.15, 0.2) is 0 Å². The molecule has 0 aliphatic rings. The van der Waals surface area contributed by atoms with Crippen LogP contribution in [0.1, 0.15) is 117 Å². The molecule has 568 valence electrons. The number of aliphatic carboxylic acids is 2. The maximum Gasteiger partial charge on any atom is 0.326 e. The zero-order chi connectivity index (χ0) is 77.2. The molecule has 0 saturated carbocycles. The summed E-state index contributed by atoms with van der Waals surface area (Å²) in [6.07, 6.45) is -0.609. The predicted octanol–water partition coefficient (Wildman–Crippen LogP) is -0.626. The fourth-order valence-electron chi connectivity index (χ4n) is 10.5. The van der Waals surface area contributed by atoms with Crippen LogP contribution in [0.2, 0.25) is 0 Å². The average Bonchev–Trinajstić information content (AvgIpc) is 0.859. The molecule has 31 nitrogen and oxygen atoms in total. The van der Waals surface area contributed by atoms with Crippen LogP contribution in [-0.4, -0.2) is 200 Å². The number of aliphatic hydroxyl groups is 1. The Morgan fingerprint density at radius 3 is 1.17 bits per heavy atom. The Balaban J connectivity index is 1.86. The summed E-state index contributed by atoms with van der Waals surface area (Å²) in [6, 6.07) is 4.81. The zero-order valence-electron chi connectivity index (χ0n) is 59.5. The number of carbonyl (C=O) groups is 14. The van der Waals surface area contributed by atoms with Gasteiger partial charge in [0, 0.05) is 31.4 Å². The molecule has 0 heterocycles. The maximum absolute atomic E-state index is 14.4. The van der Waals surface area contributed by atoms with Crippen molar-refractivity contribution in [2.75, 3.05) is 24.4 Å². The third kappa shape index (κ3) is 32.3. The number of thioether (sulfide) groups is 1. The monoisotopic (exact) mass is 1480 g/mol. The van der Waals surface area contributed by atoms with Crippen molar-refractivity contribution in [1.29, 1.82) is 0 Å². The highest BCUT2D eigenvalue weighted by Gasteiger charge is 2.38. The second kappa shape index (κ2) is 44.9. The molecule has 103 heavy (non-hydrogen) atoms. The number of phenols is 1. The number of carboxylic acid groups (broad SMARTS) is 2. The minimum Gasteiger partial charge on any atom is -0.508 e. The fourth-order valence-corrected chi connectivity index (χ4v) is 11.3. The van der Waals surface area contributed by atoms with Crippen LogP contribution in [0.15, 0.2) is 84.9 Å². The van der Waals surface area contributed by atoms with Gasteiger partial charge in [0.05, 0.1) is 13.0 Å². The van der Waals surface area contributed by atoms with Gasteiger partial charge in [-0.1, -0.05) is 128 Å². The van der Waals surface area contributed by atoms with Crippen LogP contribution < -0.4 is 70.0 Å². The number of carboxylic acids is 2. The van der Waals surface area contributed by atoms with E-state index in [1.165, 1.54) is 36.0 Å². The first kappa shape index (κ1) is 87.9. The summed E-state index contributed by atoms with van der Waals surface area (Å²) in [5, 5.41) is 67.7. The summed E-state index contributed by atoms with van der Waals surface area (Å²) in [4.78, 5) is 192. The van der Waals surface area contributed by atoms with Crippen LogP contribution in [0.3, 0.4) is 0 Å². The minimum atomic E-state index is -1.89. The minimum absolute atomic E-state index is 0.000317. The number of thiol groups is 1. The molecule has 12 amide bonds. The van der Waals surface area contributed by atoms with Gasteiger partial charge in [-0.2, -0.15) is 24.4 Å². The quantitative estimate of drug-likeness (QED) is 0.0313. The van der Waals surface area contributed by atoms with E-state index in [1.807, 2.05) is 0 Å². The van der Waals surface area contributed by atoms with Crippen molar-refractivity contribution >= 4 is 107 Å². The molecule has 3 rings (SSSR count). The number of amides is 12. The molecule has 33 heteroatoms. The van der Waals surface area contributed by atoms with Gasteiger partial charge >= 0.3 is 11.9 Å². The maximum atomic E-state index is 14.4. The van der Waals surface area contributed by atoms with E-state index in [0.29, 0.717) is 22.4 Å². The van der Waals surface area contributed by atoms with Crippen molar-refractivity contribution < 1.29 is 87.5 Å². The number of phenolic OH excluding ortho intramolecular Hbond substituents is 1. The Kier molecular flexibility index (Phi) is 38.3. The zero-order valence-corrected chi connectivity index (χ0v) is 61.2. The second-order valence-corrected chi connectivity index (χ2v) is 28.0.